The third kappa shape index (κ3) is 2.95. The summed E-state index contributed by atoms with van der Waals surface area (Å²) in [6.07, 6.45) is 0. The van der Waals surface area contributed by atoms with Crippen LogP contribution in [0.1, 0.15) is 10.4 Å². The molecule has 142 valence electrons. The van der Waals surface area contributed by atoms with Crippen LogP contribution in [0.3, 0.4) is 0 Å². The standard InChI is InChI=1S/C21H18N2O5/c24-19(23-10-9-22-17(20(25)26)18(23)21(27)28)14-7-8-16-13(11-14)6-5-12-3-1-2-4-15(12)16/h1-8,11,17-18,22H,9-10H2,(H,25,26)(H,27,28)/t17-,18+/m0/s1. The lowest BCUT2D eigenvalue weighted by Crippen LogP contribution is -2.65. The van der Waals surface area contributed by atoms with Gasteiger partial charge in [0.2, 0.25) is 0 Å². The van der Waals surface area contributed by atoms with Crippen LogP contribution in [0.15, 0.2) is 54.6 Å². The molecule has 0 bridgehead atoms. The molecule has 2 atom stereocenters. The number of carboxylic acids is 2. The van der Waals surface area contributed by atoms with Gasteiger partial charge in [-0.05, 0) is 33.7 Å². The van der Waals surface area contributed by atoms with E-state index in [4.69, 9.17) is 0 Å². The van der Waals surface area contributed by atoms with E-state index in [0.29, 0.717) is 5.56 Å². The lowest BCUT2D eigenvalue weighted by molar-refractivity contribution is -0.152. The molecule has 0 aliphatic carbocycles. The Morgan fingerprint density at radius 3 is 2.36 bits per heavy atom. The maximum absolute atomic E-state index is 13.0. The average Bonchev–Trinajstić information content (AvgIpc) is 2.72. The molecule has 7 heteroatoms. The van der Waals surface area contributed by atoms with Gasteiger partial charge in [0.1, 0.15) is 6.04 Å². The summed E-state index contributed by atoms with van der Waals surface area (Å²) < 4.78 is 0. The zero-order chi connectivity index (χ0) is 19.8. The van der Waals surface area contributed by atoms with Crippen LogP contribution in [0.2, 0.25) is 0 Å². The second kappa shape index (κ2) is 6.94. The zero-order valence-corrected chi connectivity index (χ0v) is 14.8. The summed E-state index contributed by atoms with van der Waals surface area (Å²) in [5.74, 6) is -3.13. The summed E-state index contributed by atoms with van der Waals surface area (Å²) in [7, 11) is 0. The van der Waals surface area contributed by atoms with Crippen molar-refractivity contribution < 1.29 is 24.6 Å². The topological polar surface area (TPSA) is 107 Å². The number of nitrogens with one attached hydrogen (secondary N) is 1. The molecule has 3 aromatic rings. The van der Waals surface area contributed by atoms with Gasteiger partial charge in [-0.15, -0.1) is 0 Å². The van der Waals surface area contributed by atoms with Crippen molar-refractivity contribution in [3.05, 3.63) is 60.2 Å². The van der Waals surface area contributed by atoms with Gasteiger partial charge in [0.25, 0.3) is 5.91 Å². The monoisotopic (exact) mass is 378 g/mol. The molecule has 0 saturated carbocycles. The molecule has 0 aromatic heterocycles. The lowest BCUT2D eigenvalue weighted by atomic mass is 9.98. The number of fused-ring (bicyclic) bond motifs is 3. The molecule has 0 unspecified atom stereocenters. The number of nitrogens with zero attached hydrogens (tertiary/aromatic N) is 1. The van der Waals surface area contributed by atoms with Gasteiger partial charge >= 0.3 is 11.9 Å². The predicted octanol–water partition coefficient (Wildman–Crippen LogP) is 1.94. The number of benzene rings is 3. The SMILES string of the molecule is O=C(O)[C@H]1NCCN(C(=O)c2ccc3c(ccc4ccccc43)c2)[C@H]1C(=O)O. The molecule has 7 nitrogen and oxygen atoms in total. The number of rotatable bonds is 3. The number of carbonyl (C=O) groups is 3. The highest BCUT2D eigenvalue weighted by Crippen LogP contribution is 2.27. The molecule has 4 rings (SSSR count). The molecule has 1 fully saturated rings. The fourth-order valence-corrected chi connectivity index (χ4v) is 3.81. The Morgan fingerprint density at radius 2 is 1.61 bits per heavy atom. The van der Waals surface area contributed by atoms with Gasteiger partial charge in [-0.25, -0.2) is 4.79 Å². The Bertz CT molecular complexity index is 1110. The molecule has 3 N–H and O–H groups in total. The summed E-state index contributed by atoms with van der Waals surface area (Å²) in [5, 5.41) is 25.5. The third-order valence-electron chi connectivity index (χ3n) is 5.14. The van der Waals surface area contributed by atoms with E-state index in [1.165, 1.54) is 0 Å². The van der Waals surface area contributed by atoms with E-state index in [0.717, 1.165) is 26.4 Å². The van der Waals surface area contributed by atoms with E-state index in [2.05, 4.69) is 5.32 Å². The quantitative estimate of drug-likeness (QED) is 0.602. The van der Waals surface area contributed by atoms with Gasteiger partial charge in [-0.3, -0.25) is 9.59 Å². The highest BCUT2D eigenvalue weighted by molar-refractivity contribution is 6.10. The third-order valence-corrected chi connectivity index (χ3v) is 5.14. The minimum Gasteiger partial charge on any atom is -0.480 e. The predicted molar refractivity (Wildman–Crippen MR) is 103 cm³/mol. The molecule has 1 heterocycles. The second-order valence-electron chi connectivity index (χ2n) is 6.77. The Kier molecular flexibility index (Phi) is 4.44. The smallest absolute Gasteiger partial charge is 0.328 e. The molecule has 1 aliphatic heterocycles. The molecule has 0 radical (unpaired) electrons. The summed E-state index contributed by atoms with van der Waals surface area (Å²) in [4.78, 5) is 37.2. The van der Waals surface area contributed by atoms with Crippen LogP contribution in [0.25, 0.3) is 21.5 Å². The van der Waals surface area contributed by atoms with Gasteiger partial charge in [0.05, 0.1) is 0 Å². The number of amides is 1. The minimum absolute atomic E-state index is 0.120. The van der Waals surface area contributed by atoms with Crippen molar-refractivity contribution in [2.24, 2.45) is 0 Å². The Morgan fingerprint density at radius 1 is 0.893 bits per heavy atom. The van der Waals surface area contributed by atoms with Crippen molar-refractivity contribution in [1.82, 2.24) is 10.2 Å². The van der Waals surface area contributed by atoms with Crippen molar-refractivity contribution in [3.63, 3.8) is 0 Å². The average molecular weight is 378 g/mol. The molecular weight excluding hydrogens is 360 g/mol. The van der Waals surface area contributed by atoms with Crippen molar-refractivity contribution >= 4 is 39.4 Å². The number of carbonyl (C=O) groups excluding carboxylic acids is 1. The van der Waals surface area contributed by atoms with Gasteiger partial charge in [-0.2, -0.15) is 0 Å². The van der Waals surface area contributed by atoms with Crippen molar-refractivity contribution in [1.29, 1.82) is 0 Å². The van der Waals surface area contributed by atoms with Crippen LogP contribution >= 0.6 is 0 Å². The van der Waals surface area contributed by atoms with E-state index in [9.17, 15) is 24.6 Å². The normalized spacial score (nSPS) is 19.6. The maximum Gasteiger partial charge on any atom is 0.328 e. The van der Waals surface area contributed by atoms with Crippen LogP contribution in [0, 0.1) is 0 Å². The first kappa shape index (κ1) is 17.9. The molecule has 1 amide bonds. The Hall–Kier alpha value is -3.45. The summed E-state index contributed by atoms with van der Waals surface area (Å²) in [6, 6.07) is 14.2. The van der Waals surface area contributed by atoms with Crippen LogP contribution in [-0.2, 0) is 9.59 Å². The Balaban J connectivity index is 1.74. The molecular formula is C21H18N2O5. The molecule has 28 heavy (non-hydrogen) atoms. The fraction of sp³-hybridized carbons (Fsp3) is 0.190. The maximum atomic E-state index is 13.0. The molecule has 0 spiro atoms. The number of piperazine rings is 1. The fourth-order valence-electron chi connectivity index (χ4n) is 3.81. The first-order chi connectivity index (χ1) is 13.5. The van der Waals surface area contributed by atoms with Gasteiger partial charge in [-0.1, -0.05) is 42.5 Å². The lowest BCUT2D eigenvalue weighted by Gasteiger charge is -2.37. The van der Waals surface area contributed by atoms with Gasteiger partial charge in [0.15, 0.2) is 6.04 Å². The van der Waals surface area contributed by atoms with E-state index in [1.54, 1.807) is 12.1 Å². The van der Waals surface area contributed by atoms with E-state index in [1.807, 2.05) is 42.5 Å². The number of carboxylic acid groups (broad SMARTS) is 2. The number of hydrogen-bond donors (Lipinski definition) is 3. The van der Waals surface area contributed by atoms with Crippen molar-refractivity contribution in [2.45, 2.75) is 12.1 Å². The van der Waals surface area contributed by atoms with E-state index < -0.39 is 29.9 Å². The van der Waals surface area contributed by atoms with Gasteiger partial charge in [0, 0.05) is 18.7 Å². The van der Waals surface area contributed by atoms with Crippen LogP contribution in [0.5, 0.6) is 0 Å². The Labute approximate surface area is 160 Å². The molecule has 1 aliphatic rings. The zero-order valence-electron chi connectivity index (χ0n) is 14.8. The van der Waals surface area contributed by atoms with E-state index >= 15 is 0 Å². The molecule has 1 saturated heterocycles. The summed E-state index contributed by atoms with van der Waals surface area (Å²) >= 11 is 0. The van der Waals surface area contributed by atoms with Crippen LogP contribution in [0.4, 0.5) is 0 Å². The number of aliphatic carboxylic acids is 2. The number of hydrogen-bond acceptors (Lipinski definition) is 4. The van der Waals surface area contributed by atoms with Crippen molar-refractivity contribution in [2.75, 3.05) is 13.1 Å². The minimum atomic E-state index is -1.47. The largest absolute Gasteiger partial charge is 0.480 e. The second-order valence-corrected chi connectivity index (χ2v) is 6.77. The summed E-state index contributed by atoms with van der Waals surface area (Å²) in [6.45, 7) is 0.333. The van der Waals surface area contributed by atoms with Gasteiger partial charge < -0.3 is 20.4 Å². The summed E-state index contributed by atoms with van der Waals surface area (Å²) in [5.41, 5.74) is 0.333. The first-order valence-corrected chi connectivity index (χ1v) is 8.89. The van der Waals surface area contributed by atoms with Crippen molar-refractivity contribution in [3.8, 4) is 0 Å². The molecule has 3 aromatic carbocycles. The highest BCUT2D eigenvalue weighted by atomic mass is 16.4. The van der Waals surface area contributed by atoms with E-state index in [-0.39, 0.29) is 13.1 Å². The van der Waals surface area contributed by atoms with Crippen LogP contribution < -0.4 is 5.32 Å². The van der Waals surface area contributed by atoms with Crippen LogP contribution in [-0.4, -0.2) is 58.1 Å². The first-order valence-electron chi connectivity index (χ1n) is 8.89. The highest BCUT2D eigenvalue weighted by Gasteiger charge is 2.43.